The highest BCUT2D eigenvalue weighted by molar-refractivity contribution is 7.92. The molecule has 1 amide bonds. The van der Waals surface area contributed by atoms with E-state index in [1.165, 1.54) is 0 Å². The molecule has 4 nitrogen and oxygen atoms in total. The highest BCUT2D eigenvalue weighted by atomic mass is 32.2. The van der Waals surface area contributed by atoms with Crippen LogP contribution in [0.3, 0.4) is 0 Å². The topological polar surface area (TPSA) is 63.2 Å². The molecule has 0 aliphatic carbocycles. The number of sulfone groups is 1. The molecule has 0 radical (unpaired) electrons. The summed E-state index contributed by atoms with van der Waals surface area (Å²) in [7, 11) is -3.12. The van der Waals surface area contributed by atoms with Crippen LogP contribution in [0.15, 0.2) is 0 Å². The van der Waals surface area contributed by atoms with Crippen LogP contribution in [0.4, 0.5) is 0 Å². The molecule has 1 rings (SSSR count). The zero-order valence-electron chi connectivity index (χ0n) is 7.04. The van der Waals surface area contributed by atoms with Crippen molar-refractivity contribution >= 4 is 15.7 Å². The minimum atomic E-state index is -3.12. The molecule has 0 aromatic heterocycles. The van der Waals surface area contributed by atoms with Crippen molar-refractivity contribution in [3.63, 3.8) is 0 Å². The average Bonchev–Trinajstić information content (AvgIpc) is 1.82. The molecule has 0 saturated carbocycles. The first-order valence-electron chi connectivity index (χ1n) is 4.03. The Morgan fingerprint density at radius 2 is 2.25 bits per heavy atom. The second kappa shape index (κ2) is 3.43. The Kier molecular flexibility index (Phi) is 2.72. The van der Waals surface area contributed by atoms with Crippen LogP contribution in [0.5, 0.6) is 0 Å². The van der Waals surface area contributed by atoms with Crippen LogP contribution in [0.1, 0.15) is 19.8 Å². The van der Waals surface area contributed by atoms with E-state index in [4.69, 9.17) is 0 Å². The van der Waals surface area contributed by atoms with Crippen molar-refractivity contribution in [3.8, 4) is 0 Å². The van der Waals surface area contributed by atoms with Gasteiger partial charge < -0.3 is 5.32 Å². The summed E-state index contributed by atoms with van der Waals surface area (Å²) in [5.41, 5.74) is 0. The number of hydrogen-bond donors (Lipinski definition) is 1. The number of amides is 1. The normalized spacial score (nSPS) is 28.1. The van der Waals surface area contributed by atoms with Crippen molar-refractivity contribution in [1.82, 2.24) is 5.32 Å². The van der Waals surface area contributed by atoms with Gasteiger partial charge in [-0.2, -0.15) is 0 Å². The van der Waals surface area contributed by atoms with Crippen molar-refractivity contribution < 1.29 is 13.2 Å². The molecule has 1 heterocycles. The van der Waals surface area contributed by atoms with Crippen LogP contribution in [0, 0.1) is 0 Å². The second-order valence-electron chi connectivity index (χ2n) is 3.11. The van der Waals surface area contributed by atoms with Gasteiger partial charge in [-0.05, 0) is 6.42 Å². The van der Waals surface area contributed by atoms with E-state index < -0.39 is 9.84 Å². The number of rotatable bonds is 2. The largest absolute Gasteiger partial charge is 0.351 e. The molecule has 70 valence electrons. The van der Waals surface area contributed by atoms with Crippen LogP contribution in [0.2, 0.25) is 0 Å². The van der Waals surface area contributed by atoms with Gasteiger partial charge in [-0.15, -0.1) is 0 Å². The second-order valence-corrected chi connectivity index (χ2v) is 5.22. The van der Waals surface area contributed by atoms with E-state index in [2.05, 4.69) is 5.32 Å². The molecular formula is C7H13NO3S. The van der Waals surface area contributed by atoms with Gasteiger partial charge in [0.15, 0.2) is 9.84 Å². The lowest BCUT2D eigenvalue weighted by molar-refractivity contribution is -0.119. The number of carbonyl (C=O) groups excluding carboxylic acids is 1. The predicted molar refractivity (Wildman–Crippen MR) is 45.5 cm³/mol. The van der Waals surface area contributed by atoms with Crippen LogP contribution >= 0.6 is 0 Å². The number of nitrogens with one attached hydrogen (secondary N) is 1. The Morgan fingerprint density at radius 3 is 2.75 bits per heavy atom. The first-order valence-corrected chi connectivity index (χ1v) is 5.85. The Bertz CT molecular complexity index is 270. The Hall–Kier alpha value is -0.580. The molecule has 1 saturated heterocycles. The molecule has 0 aromatic carbocycles. The molecule has 0 bridgehead atoms. The summed E-state index contributed by atoms with van der Waals surface area (Å²) in [5.74, 6) is -0.598. The van der Waals surface area contributed by atoms with Crippen LogP contribution in [-0.2, 0) is 14.6 Å². The zero-order chi connectivity index (χ0) is 9.19. The lowest BCUT2D eigenvalue weighted by Crippen LogP contribution is -2.48. The van der Waals surface area contributed by atoms with E-state index >= 15 is 0 Å². The molecule has 1 atom stereocenters. The molecule has 1 fully saturated rings. The minimum absolute atomic E-state index is 0.104. The summed E-state index contributed by atoms with van der Waals surface area (Å²) in [4.78, 5) is 10.9. The van der Waals surface area contributed by atoms with Crippen molar-refractivity contribution in [2.45, 2.75) is 25.8 Å². The molecule has 1 aliphatic rings. The smallest absolute Gasteiger partial charge is 0.235 e. The maximum Gasteiger partial charge on any atom is 0.235 e. The van der Waals surface area contributed by atoms with E-state index in [0.29, 0.717) is 0 Å². The maximum absolute atomic E-state index is 11.1. The molecule has 0 spiro atoms. The third kappa shape index (κ3) is 2.48. The van der Waals surface area contributed by atoms with Crippen molar-refractivity contribution in [1.29, 1.82) is 0 Å². The number of carbonyl (C=O) groups is 1. The third-order valence-electron chi connectivity index (χ3n) is 1.81. The highest BCUT2D eigenvalue weighted by Crippen LogP contribution is 2.06. The van der Waals surface area contributed by atoms with Gasteiger partial charge in [0.1, 0.15) is 5.75 Å². The Labute approximate surface area is 72.3 Å². The summed E-state index contributed by atoms with van der Waals surface area (Å²) in [6.45, 7) is 1.97. The molecular weight excluding hydrogens is 178 g/mol. The minimum Gasteiger partial charge on any atom is -0.351 e. The van der Waals surface area contributed by atoms with E-state index in [1.807, 2.05) is 6.92 Å². The lowest BCUT2D eigenvalue weighted by Gasteiger charge is -2.22. The predicted octanol–water partition coefficient (Wildman–Crippen LogP) is -0.300. The van der Waals surface area contributed by atoms with Crippen LogP contribution < -0.4 is 5.32 Å². The van der Waals surface area contributed by atoms with Gasteiger partial charge in [0.2, 0.25) is 5.91 Å². The third-order valence-corrected chi connectivity index (χ3v) is 3.42. The lowest BCUT2D eigenvalue weighted by atomic mass is 10.2. The van der Waals surface area contributed by atoms with E-state index in [1.54, 1.807) is 0 Å². The summed E-state index contributed by atoms with van der Waals surface area (Å²) in [5, 5.41) is 2.65. The van der Waals surface area contributed by atoms with Crippen molar-refractivity contribution in [2.75, 3.05) is 11.5 Å². The molecule has 12 heavy (non-hydrogen) atoms. The molecule has 1 aliphatic heterocycles. The van der Waals surface area contributed by atoms with Gasteiger partial charge in [-0.25, -0.2) is 8.42 Å². The molecule has 0 aromatic rings. The van der Waals surface area contributed by atoms with Gasteiger partial charge in [0.25, 0.3) is 0 Å². The standard InChI is InChI=1S/C7H13NO3S/c1-2-3-6-4-12(10,11)5-7(9)8-6/h6H,2-5H2,1H3,(H,8,9). The summed E-state index contributed by atoms with van der Waals surface area (Å²) >= 11 is 0. The average molecular weight is 191 g/mol. The zero-order valence-corrected chi connectivity index (χ0v) is 7.86. The first-order chi connectivity index (χ1) is 5.53. The molecule has 1 N–H and O–H groups in total. The van der Waals surface area contributed by atoms with Gasteiger partial charge in [-0.3, -0.25) is 4.79 Å². The Morgan fingerprint density at radius 1 is 1.58 bits per heavy atom. The fourth-order valence-electron chi connectivity index (χ4n) is 1.38. The fraction of sp³-hybridized carbons (Fsp3) is 0.857. The maximum atomic E-state index is 11.1. The van der Waals surface area contributed by atoms with Gasteiger partial charge in [0.05, 0.1) is 5.75 Å². The summed E-state index contributed by atoms with van der Waals surface area (Å²) < 4.78 is 22.2. The van der Waals surface area contributed by atoms with Crippen molar-refractivity contribution in [2.24, 2.45) is 0 Å². The van der Waals surface area contributed by atoms with Crippen LogP contribution in [0.25, 0.3) is 0 Å². The van der Waals surface area contributed by atoms with E-state index in [-0.39, 0.29) is 23.5 Å². The quantitative estimate of drug-likeness (QED) is 0.651. The monoisotopic (exact) mass is 191 g/mol. The van der Waals surface area contributed by atoms with Crippen molar-refractivity contribution in [3.05, 3.63) is 0 Å². The SMILES string of the molecule is CCCC1CS(=O)(=O)CC(=O)N1. The van der Waals surface area contributed by atoms with Gasteiger partial charge in [0, 0.05) is 6.04 Å². The van der Waals surface area contributed by atoms with E-state index in [0.717, 1.165) is 12.8 Å². The van der Waals surface area contributed by atoms with Gasteiger partial charge in [-0.1, -0.05) is 13.3 Å². The fourth-order valence-corrected chi connectivity index (χ4v) is 2.84. The van der Waals surface area contributed by atoms with Gasteiger partial charge >= 0.3 is 0 Å². The summed E-state index contributed by atoms with van der Waals surface area (Å²) in [6.07, 6.45) is 1.63. The number of hydrogen-bond acceptors (Lipinski definition) is 3. The van der Waals surface area contributed by atoms with E-state index in [9.17, 15) is 13.2 Å². The first kappa shape index (κ1) is 9.51. The highest BCUT2D eigenvalue weighted by Gasteiger charge is 2.28. The molecule has 5 heteroatoms. The molecule has 1 unspecified atom stereocenters. The summed E-state index contributed by atoms with van der Waals surface area (Å²) in [6, 6.07) is -0.166. The van der Waals surface area contributed by atoms with Crippen LogP contribution in [-0.4, -0.2) is 31.9 Å². The Balaban J connectivity index is 2.64.